The third-order valence-corrected chi connectivity index (χ3v) is 9.99. The molecule has 0 radical (unpaired) electrons. The Morgan fingerprint density at radius 1 is 1.10 bits per heavy atom. The van der Waals surface area contributed by atoms with Crippen LogP contribution in [0.5, 0.6) is 5.75 Å². The van der Waals surface area contributed by atoms with Crippen molar-refractivity contribution in [1.82, 2.24) is 35.3 Å². The summed E-state index contributed by atoms with van der Waals surface area (Å²) in [5.41, 5.74) is -0.387. The number of phenolic OH excluding ortho intramolecular Hbond substituents is 1. The van der Waals surface area contributed by atoms with Crippen molar-refractivity contribution in [1.29, 1.82) is 0 Å². The van der Waals surface area contributed by atoms with Gasteiger partial charge in [0.15, 0.2) is 0 Å². The molecule has 5 amide bonds. The number of imidazole rings is 1. The number of alkyl carbamates (subject to hydrolysis) is 1. The van der Waals surface area contributed by atoms with Crippen molar-refractivity contribution in [2.24, 2.45) is 11.3 Å². The maximum atomic E-state index is 15.3. The number of rotatable bonds is 19. The Morgan fingerprint density at radius 3 is 2.55 bits per heavy atom. The Morgan fingerprint density at radius 2 is 1.86 bits per heavy atom. The predicted molar refractivity (Wildman–Crippen MR) is 205 cm³/mol. The molecule has 1 saturated heterocycles. The summed E-state index contributed by atoms with van der Waals surface area (Å²) in [6, 6.07) is 7.02. The molecule has 0 spiro atoms. The molecular weight excluding hydrogens is 763 g/mol. The molecule has 15 nitrogen and oxygen atoms in total. The van der Waals surface area contributed by atoms with E-state index in [1.54, 1.807) is 23.6 Å². The van der Waals surface area contributed by atoms with Gasteiger partial charge in [0.2, 0.25) is 0 Å². The Hall–Kier alpha value is -5.46. The average molecular weight is 814 g/mol. The number of aliphatic hydroxyl groups excluding tert-OH is 1. The topological polar surface area (TPSA) is 188 Å². The first-order valence-electron chi connectivity index (χ1n) is 19.0. The molecule has 2 aromatic carbocycles. The number of phenols is 1. The van der Waals surface area contributed by atoms with Gasteiger partial charge < -0.3 is 45.1 Å². The lowest BCUT2D eigenvalue weighted by molar-refractivity contribution is -0.137. The SMILES string of the molecule is CC(COC(=O)NCCOCCN1C(=O)C=CC1=O)NC(=O)N(CC1CNCC1F)C(c1nc(-c2cc(F)ccc2F)cn1Cc1cccc(O)c1)C(C)(C)CCO. The van der Waals surface area contributed by atoms with Crippen LogP contribution in [0.25, 0.3) is 11.3 Å². The molecule has 4 unspecified atom stereocenters. The molecule has 1 fully saturated rings. The Balaban J connectivity index is 1.36. The van der Waals surface area contributed by atoms with Crippen LogP contribution in [0.4, 0.5) is 22.8 Å². The first kappa shape index (κ1) is 43.7. The van der Waals surface area contributed by atoms with Crippen molar-refractivity contribution in [3.8, 4) is 17.0 Å². The second-order valence-electron chi connectivity index (χ2n) is 15.0. The van der Waals surface area contributed by atoms with E-state index < -0.39 is 65.2 Å². The molecule has 0 aliphatic carbocycles. The van der Waals surface area contributed by atoms with Gasteiger partial charge in [0.1, 0.15) is 36.0 Å². The van der Waals surface area contributed by atoms with Gasteiger partial charge >= 0.3 is 12.1 Å². The number of halogens is 3. The lowest BCUT2D eigenvalue weighted by Gasteiger charge is -2.43. The molecular formula is C40H50F3N7O8. The minimum absolute atomic E-state index is 0.00183. The van der Waals surface area contributed by atoms with Gasteiger partial charge in [0, 0.05) is 69.2 Å². The number of amides is 5. The maximum Gasteiger partial charge on any atom is 0.407 e. The van der Waals surface area contributed by atoms with Crippen LogP contribution in [0.2, 0.25) is 0 Å². The van der Waals surface area contributed by atoms with E-state index in [-0.39, 0.29) is 94.9 Å². The fraction of sp³-hybridized carbons (Fsp3) is 0.475. The van der Waals surface area contributed by atoms with Gasteiger partial charge in [-0.3, -0.25) is 14.5 Å². The molecule has 2 aliphatic heterocycles. The number of nitrogens with one attached hydrogen (secondary N) is 3. The first-order chi connectivity index (χ1) is 27.7. The molecule has 0 saturated carbocycles. The number of imide groups is 1. The number of carbonyl (C=O) groups is 4. The normalized spacial score (nSPS) is 17.7. The minimum atomic E-state index is -1.29. The number of aromatic nitrogens is 2. The van der Waals surface area contributed by atoms with Crippen molar-refractivity contribution in [2.45, 2.75) is 52.0 Å². The van der Waals surface area contributed by atoms with Crippen LogP contribution in [-0.2, 0) is 25.6 Å². The molecule has 2 aliphatic rings. The van der Waals surface area contributed by atoms with Gasteiger partial charge in [-0.25, -0.2) is 27.7 Å². The smallest absolute Gasteiger partial charge is 0.407 e. The molecule has 3 aromatic rings. The number of ether oxygens (including phenoxy) is 2. The number of hydrogen-bond donors (Lipinski definition) is 5. The summed E-state index contributed by atoms with van der Waals surface area (Å²) in [7, 11) is 0. The largest absolute Gasteiger partial charge is 0.508 e. The molecule has 3 heterocycles. The van der Waals surface area contributed by atoms with E-state index in [4.69, 9.17) is 14.5 Å². The lowest BCUT2D eigenvalue weighted by atomic mass is 9.79. The molecule has 5 rings (SSSR count). The Kier molecular flexibility index (Phi) is 14.9. The van der Waals surface area contributed by atoms with Gasteiger partial charge in [0.05, 0.1) is 37.5 Å². The van der Waals surface area contributed by atoms with E-state index in [1.165, 1.54) is 35.4 Å². The molecule has 4 atom stereocenters. The summed E-state index contributed by atoms with van der Waals surface area (Å²) in [6.45, 7) is 5.31. The number of carbonyl (C=O) groups excluding carboxylic acids is 4. The monoisotopic (exact) mass is 813 g/mol. The Bertz CT molecular complexity index is 1940. The van der Waals surface area contributed by atoms with Gasteiger partial charge in [-0.05, 0) is 54.7 Å². The van der Waals surface area contributed by atoms with Crippen LogP contribution in [0.3, 0.4) is 0 Å². The number of nitrogens with zero attached hydrogens (tertiary/aromatic N) is 4. The number of benzene rings is 2. The van der Waals surface area contributed by atoms with Gasteiger partial charge in [0.25, 0.3) is 11.8 Å². The third kappa shape index (κ3) is 11.3. The van der Waals surface area contributed by atoms with E-state index in [2.05, 4.69) is 16.0 Å². The van der Waals surface area contributed by atoms with Crippen LogP contribution < -0.4 is 16.0 Å². The number of urea groups is 1. The van der Waals surface area contributed by atoms with Crippen molar-refractivity contribution >= 4 is 23.9 Å². The van der Waals surface area contributed by atoms with Crippen LogP contribution in [0, 0.1) is 23.0 Å². The summed E-state index contributed by atoms with van der Waals surface area (Å²) in [4.78, 5) is 57.5. The zero-order valence-electron chi connectivity index (χ0n) is 32.6. The summed E-state index contributed by atoms with van der Waals surface area (Å²) in [5, 5.41) is 28.9. The molecule has 0 bridgehead atoms. The molecule has 1 aromatic heterocycles. The summed E-state index contributed by atoms with van der Waals surface area (Å²) in [5.74, 6) is -2.67. The average Bonchev–Trinajstić information content (AvgIpc) is 3.86. The van der Waals surface area contributed by atoms with Gasteiger partial charge in [-0.2, -0.15) is 0 Å². The highest BCUT2D eigenvalue weighted by Gasteiger charge is 2.43. The van der Waals surface area contributed by atoms with Crippen LogP contribution in [0.1, 0.15) is 44.6 Å². The lowest BCUT2D eigenvalue weighted by Crippen LogP contribution is -2.53. The highest BCUT2D eigenvalue weighted by molar-refractivity contribution is 6.12. The Labute approximate surface area is 334 Å². The number of aliphatic hydroxyl groups is 1. The maximum absolute atomic E-state index is 15.3. The molecule has 58 heavy (non-hydrogen) atoms. The predicted octanol–water partition coefficient (Wildman–Crippen LogP) is 3.66. The van der Waals surface area contributed by atoms with E-state index in [0.717, 1.165) is 23.1 Å². The fourth-order valence-electron chi connectivity index (χ4n) is 6.95. The fourth-order valence-corrected chi connectivity index (χ4v) is 6.95. The van der Waals surface area contributed by atoms with E-state index in [9.17, 15) is 33.8 Å². The van der Waals surface area contributed by atoms with Crippen molar-refractivity contribution in [3.63, 3.8) is 0 Å². The van der Waals surface area contributed by atoms with Gasteiger partial charge in [-0.15, -0.1) is 0 Å². The van der Waals surface area contributed by atoms with E-state index in [1.807, 2.05) is 13.8 Å². The van der Waals surface area contributed by atoms with Gasteiger partial charge in [-0.1, -0.05) is 26.0 Å². The number of hydrogen-bond acceptors (Lipinski definition) is 10. The minimum Gasteiger partial charge on any atom is -0.508 e. The van der Waals surface area contributed by atoms with Crippen molar-refractivity contribution in [2.75, 3.05) is 59.2 Å². The highest BCUT2D eigenvalue weighted by atomic mass is 19.1. The second kappa shape index (κ2) is 19.8. The zero-order valence-corrected chi connectivity index (χ0v) is 32.6. The standard InChI is InChI=1S/C40H50F3N7O8/c1-25(24-58-39(56)45-12-15-57-16-13-49-34(53)9-10-35(49)54)46-38(55)50(22-27-19-44-20-32(27)43)36(40(2,3)11-14-51)37-47-33(30-18-28(41)7-8-31(30)42)23-48(37)21-26-5-4-6-29(52)17-26/h4-10,17-18,23,25,27,32,36,44,51-52H,11-16,19-22,24H2,1-3H3,(H,45,56)(H,46,55). The molecule has 18 heteroatoms. The summed E-state index contributed by atoms with van der Waals surface area (Å²) < 4.78 is 57.4. The van der Waals surface area contributed by atoms with Crippen molar-refractivity contribution < 1.29 is 52.0 Å². The van der Waals surface area contributed by atoms with Crippen LogP contribution in [0.15, 0.2) is 60.8 Å². The van der Waals surface area contributed by atoms with E-state index in [0.29, 0.717) is 5.56 Å². The number of aromatic hydroxyl groups is 1. The molecule has 314 valence electrons. The second-order valence-corrected chi connectivity index (χ2v) is 15.0. The van der Waals surface area contributed by atoms with Crippen LogP contribution >= 0.6 is 0 Å². The first-order valence-corrected chi connectivity index (χ1v) is 19.0. The van der Waals surface area contributed by atoms with E-state index >= 15 is 8.78 Å². The number of alkyl halides is 1. The summed E-state index contributed by atoms with van der Waals surface area (Å²) >= 11 is 0. The zero-order chi connectivity index (χ0) is 42.0. The van der Waals surface area contributed by atoms with Crippen LogP contribution in [-0.4, -0.2) is 125 Å². The highest BCUT2D eigenvalue weighted by Crippen LogP contribution is 2.43. The summed E-state index contributed by atoms with van der Waals surface area (Å²) in [6.07, 6.45) is 1.94. The quantitative estimate of drug-likeness (QED) is 0.0884. The molecule has 5 N–H and O–H groups in total. The van der Waals surface area contributed by atoms with Crippen molar-refractivity contribution in [3.05, 3.63) is 83.8 Å². The third-order valence-electron chi connectivity index (χ3n) is 9.99.